The maximum Gasteiger partial charge on any atom is 0.223 e. The third-order valence-corrected chi connectivity index (χ3v) is 4.53. The zero-order valence-corrected chi connectivity index (χ0v) is 14.0. The summed E-state index contributed by atoms with van der Waals surface area (Å²) in [5.74, 6) is 0.296. The monoisotopic (exact) mass is 311 g/mol. The fourth-order valence-corrected chi connectivity index (χ4v) is 3.41. The molecular weight excluding hydrogens is 282 g/mol. The first-order valence-corrected chi connectivity index (χ1v) is 8.36. The van der Waals surface area contributed by atoms with Crippen molar-refractivity contribution in [2.75, 3.05) is 39.3 Å². The second kappa shape index (κ2) is 7.92. The Balaban J connectivity index is 1.65. The van der Waals surface area contributed by atoms with Crippen LogP contribution < -0.4 is 5.32 Å². The van der Waals surface area contributed by atoms with Gasteiger partial charge in [-0.05, 0) is 26.7 Å². The van der Waals surface area contributed by atoms with E-state index in [4.69, 9.17) is 4.74 Å². The van der Waals surface area contributed by atoms with E-state index in [2.05, 4.69) is 24.1 Å². The number of amides is 2. The third-order valence-electron chi connectivity index (χ3n) is 4.53. The summed E-state index contributed by atoms with van der Waals surface area (Å²) in [5, 5.41) is 3.05. The van der Waals surface area contributed by atoms with Crippen molar-refractivity contribution in [1.29, 1.82) is 0 Å². The number of morpholine rings is 1. The first-order valence-electron chi connectivity index (χ1n) is 8.36. The molecule has 2 atom stereocenters. The van der Waals surface area contributed by atoms with Gasteiger partial charge < -0.3 is 15.0 Å². The van der Waals surface area contributed by atoms with Crippen LogP contribution in [0, 0.1) is 5.92 Å². The molecule has 0 saturated carbocycles. The molecule has 2 amide bonds. The van der Waals surface area contributed by atoms with Crippen LogP contribution in [0.1, 0.15) is 33.6 Å². The Kier molecular flexibility index (Phi) is 6.20. The number of likely N-dealkylation sites (tertiary alicyclic amines) is 1. The number of carbonyl (C=O) groups excluding carboxylic acids is 2. The Morgan fingerprint density at radius 3 is 2.27 bits per heavy atom. The van der Waals surface area contributed by atoms with E-state index >= 15 is 0 Å². The number of hydrogen-bond donors (Lipinski definition) is 1. The average molecular weight is 311 g/mol. The molecule has 2 aliphatic heterocycles. The highest BCUT2D eigenvalue weighted by Crippen LogP contribution is 2.17. The van der Waals surface area contributed by atoms with Crippen LogP contribution in [0.3, 0.4) is 0 Å². The maximum absolute atomic E-state index is 12.2. The predicted molar refractivity (Wildman–Crippen MR) is 84.4 cm³/mol. The highest BCUT2D eigenvalue weighted by Gasteiger charge is 2.26. The molecule has 2 rings (SSSR count). The minimum absolute atomic E-state index is 0.0538. The summed E-state index contributed by atoms with van der Waals surface area (Å²) in [4.78, 5) is 27.6. The van der Waals surface area contributed by atoms with Gasteiger partial charge in [0.1, 0.15) is 0 Å². The predicted octanol–water partition coefficient (Wildman–Crippen LogP) is 0.470. The van der Waals surface area contributed by atoms with Gasteiger partial charge in [0.2, 0.25) is 11.8 Å². The lowest BCUT2D eigenvalue weighted by atomic mass is 9.96. The van der Waals surface area contributed by atoms with Crippen molar-refractivity contribution in [3.05, 3.63) is 0 Å². The zero-order chi connectivity index (χ0) is 16.1. The minimum Gasteiger partial charge on any atom is -0.373 e. The Hall–Kier alpha value is -1.14. The molecule has 2 heterocycles. The molecule has 0 radical (unpaired) electrons. The molecular formula is C16H29N3O3. The molecule has 0 aromatic heterocycles. The van der Waals surface area contributed by atoms with Gasteiger partial charge in [-0.2, -0.15) is 0 Å². The fraction of sp³-hybridized carbons (Fsp3) is 0.875. The van der Waals surface area contributed by atoms with Crippen LogP contribution in [-0.2, 0) is 14.3 Å². The number of carbonyl (C=O) groups is 2. The van der Waals surface area contributed by atoms with E-state index in [9.17, 15) is 9.59 Å². The minimum atomic E-state index is 0.0538. The second-order valence-corrected chi connectivity index (χ2v) is 6.59. The van der Waals surface area contributed by atoms with Crippen molar-refractivity contribution < 1.29 is 14.3 Å². The van der Waals surface area contributed by atoms with Gasteiger partial charge in [-0.3, -0.25) is 14.5 Å². The first-order chi connectivity index (χ1) is 10.5. The van der Waals surface area contributed by atoms with Crippen molar-refractivity contribution in [2.45, 2.75) is 45.8 Å². The van der Waals surface area contributed by atoms with Gasteiger partial charge in [-0.25, -0.2) is 0 Å². The lowest BCUT2D eigenvalue weighted by Gasteiger charge is -2.35. The average Bonchev–Trinajstić information content (AvgIpc) is 2.46. The van der Waals surface area contributed by atoms with E-state index in [0.717, 1.165) is 32.5 Å². The molecule has 0 bridgehead atoms. The maximum atomic E-state index is 12.2. The molecule has 0 aliphatic carbocycles. The molecule has 6 nitrogen and oxygen atoms in total. The molecule has 0 aromatic rings. The summed E-state index contributed by atoms with van der Waals surface area (Å²) in [7, 11) is 0. The van der Waals surface area contributed by atoms with Crippen LogP contribution in [-0.4, -0.2) is 73.1 Å². The van der Waals surface area contributed by atoms with Gasteiger partial charge in [0, 0.05) is 52.1 Å². The largest absolute Gasteiger partial charge is 0.373 e. The topological polar surface area (TPSA) is 61.9 Å². The van der Waals surface area contributed by atoms with Crippen LogP contribution >= 0.6 is 0 Å². The Morgan fingerprint density at radius 2 is 1.73 bits per heavy atom. The smallest absolute Gasteiger partial charge is 0.223 e. The van der Waals surface area contributed by atoms with E-state index in [1.54, 1.807) is 6.92 Å². The molecule has 6 heteroatoms. The number of rotatable bonds is 4. The summed E-state index contributed by atoms with van der Waals surface area (Å²) < 4.78 is 5.71. The van der Waals surface area contributed by atoms with Crippen LogP contribution in [0.2, 0.25) is 0 Å². The van der Waals surface area contributed by atoms with Gasteiger partial charge in [0.25, 0.3) is 0 Å². The lowest BCUT2D eigenvalue weighted by molar-refractivity contribution is -0.134. The Morgan fingerprint density at radius 1 is 1.14 bits per heavy atom. The first kappa shape index (κ1) is 17.2. The molecule has 2 unspecified atom stereocenters. The number of piperidine rings is 1. The fourth-order valence-electron chi connectivity index (χ4n) is 3.41. The standard InChI is InChI=1S/C16H29N3O3/c1-12-10-18(11-13(2)22-12)9-6-17-16(21)15-4-7-19(8-5-15)14(3)20/h12-13,15H,4-11H2,1-3H3,(H,17,21). The van der Waals surface area contributed by atoms with E-state index in [1.165, 1.54) is 0 Å². The summed E-state index contributed by atoms with van der Waals surface area (Å²) >= 11 is 0. The van der Waals surface area contributed by atoms with Gasteiger partial charge in [0.05, 0.1) is 12.2 Å². The molecule has 2 fully saturated rings. The molecule has 22 heavy (non-hydrogen) atoms. The normalized spacial score (nSPS) is 27.7. The summed E-state index contributed by atoms with van der Waals surface area (Å²) in [6.07, 6.45) is 2.07. The number of ether oxygens (including phenoxy) is 1. The summed E-state index contributed by atoms with van der Waals surface area (Å²) in [6.45, 7) is 10.6. The second-order valence-electron chi connectivity index (χ2n) is 6.59. The van der Waals surface area contributed by atoms with E-state index in [-0.39, 0.29) is 29.9 Å². The quantitative estimate of drug-likeness (QED) is 0.820. The summed E-state index contributed by atoms with van der Waals surface area (Å²) in [6, 6.07) is 0. The lowest BCUT2D eigenvalue weighted by Crippen LogP contribution is -2.48. The SMILES string of the molecule is CC(=O)N1CCC(C(=O)NCCN2CC(C)OC(C)C2)CC1. The van der Waals surface area contributed by atoms with Crippen molar-refractivity contribution in [3.8, 4) is 0 Å². The van der Waals surface area contributed by atoms with Gasteiger partial charge in [0.15, 0.2) is 0 Å². The van der Waals surface area contributed by atoms with E-state index in [1.807, 2.05) is 4.90 Å². The highest BCUT2D eigenvalue weighted by atomic mass is 16.5. The molecule has 0 aromatic carbocycles. The number of nitrogens with one attached hydrogen (secondary N) is 1. The van der Waals surface area contributed by atoms with Crippen LogP contribution in [0.5, 0.6) is 0 Å². The van der Waals surface area contributed by atoms with E-state index in [0.29, 0.717) is 19.6 Å². The Bertz CT molecular complexity index is 384. The van der Waals surface area contributed by atoms with E-state index < -0.39 is 0 Å². The van der Waals surface area contributed by atoms with Crippen molar-refractivity contribution in [3.63, 3.8) is 0 Å². The van der Waals surface area contributed by atoms with Crippen molar-refractivity contribution in [2.24, 2.45) is 5.92 Å². The molecule has 1 N–H and O–H groups in total. The highest BCUT2D eigenvalue weighted by molar-refractivity contribution is 5.79. The van der Waals surface area contributed by atoms with Gasteiger partial charge in [-0.15, -0.1) is 0 Å². The zero-order valence-electron chi connectivity index (χ0n) is 14.0. The summed E-state index contributed by atoms with van der Waals surface area (Å²) in [5.41, 5.74) is 0. The molecule has 2 saturated heterocycles. The molecule has 126 valence electrons. The molecule has 0 spiro atoms. The van der Waals surface area contributed by atoms with Crippen molar-refractivity contribution in [1.82, 2.24) is 15.1 Å². The van der Waals surface area contributed by atoms with Crippen LogP contribution in [0.25, 0.3) is 0 Å². The van der Waals surface area contributed by atoms with Crippen molar-refractivity contribution >= 4 is 11.8 Å². The Labute approximate surface area is 133 Å². The number of nitrogens with zero attached hydrogens (tertiary/aromatic N) is 2. The van der Waals surface area contributed by atoms with Crippen LogP contribution in [0.15, 0.2) is 0 Å². The third kappa shape index (κ3) is 4.95. The van der Waals surface area contributed by atoms with Crippen LogP contribution in [0.4, 0.5) is 0 Å². The van der Waals surface area contributed by atoms with Gasteiger partial charge >= 0.3 is 0 Å². The number of hydrogen-bond acceptors (Lipinski definition) is 4. The molecule has 2 aliphatic rings. The van der Waals surface area contributed by atoms with Gasteiger partial charge in [-0.1, -0.05) is 0 Å².